The van der Waals surface area contributed by atoms with Crippen molar-refractivity contribution in [2.45, 2.75) is 117 Å². The first-order valence-corrected chi connectivity index (χ1v) is 12.0. The second kappa shape index (κ2) is 9.65. The van der Waals surface area contributed by atoms with Crippen LogP contribution in [-0.2, 0) is 9.05 Å². The molecule has 3 atom stereocenters. The van der Waals surface area contributed by atoms with Crippen molar-refractivity contribution in [3.05, 3.63) is 0 Å². The smallest absolute Gasteiger partial charge is 0.259 e. The Balaban J connectivity index is 2.15. The summed E-state index contributed by atoms with van der Waals surface area (Å²) in [5.41, 5.74) is 0.299. The molecule has 5 heteroatoms. The van der Waals surface area contributed by atoms with Gasteiger partial charge in [0.25, 0.3) is 8.53 Å². The van der Waals surface area contributed by atoms with E-state index in [1.54, 1.807) is 0 Å². The van der Waals surface area contributed by atoms with Crippen LogP contribution in [0.2, 0.25) is 0 Å². The molecule has 2 rings (SSSR count). The average Bonchev–Trinajstić information content (AvgIpc) is 2.53. The van der Waals surface area contributed by atoms with Gasteiger partial charge < -0.3 is 14.4 Å². The molecule has 0 aromatic rings. The molecule has 0 spiro atoms. The zero-order valence-corrected chi connectivity index (χ0v) is 19.2. The molecule has 2 fully saturated rings. The summed E-state index contributed by atoms with van der Waals surface area (Å²) in [5, 5.41) is 3.82. The fourth-order valence-corrected chi connectivity index (χ4v) is 6.68. The first-order valence-electron chi connectivity index (χ1n) is 10.9. The number of nitrogens with one attached hydrogen (secondary N) is 1. The van der Waals surface area contributed by atoms with Crippen LogP contribution in [0.3, 0.4) is 0 Å². The van der Waals surface area contributed by atoms with Crippen LogP contribution in [-0.4, -0.2) is 41.0 Å². The van der Waals surface area contributed by atoms with E-state index >= 15 is 0 Å². The second-order valence-electron chi connectivity index (χ2n) is 9.61. The maximum atomic E-state index is 6.63. The zero-order valence-electron chi connectivity index (χ0n) is 18.3. The minimum absolute atomic E-state index is 0.150. The van der Waals surface area contributed by atoms with Gasteiger partial charge in [0.05, 0.1) is 12.7 Å². The topological polar surface area (TPSA) is 33.7 Å². The molecule has 26 heavy (non-hydrogen) atoms. The Labute approximate surface area is 163 Å². The Morgan fingerprint density at radius 2 is 1.69 bits per heavy atom. The number of nitrogens with zero attached hydrogens (tertiary/aromatic N) is 1. The number of hydrogen-bond acceptors (Lipinski definition) is 4. The molecule has 0 aromatic carbocycles. The van der Waals surface area contributed by atoms with Crippen LogP contribution in [0, 0.1) is 5.92 Å². The SMILES string of the molecule is CCCCN(C1CC(C)(C)NC(C)(C)C1)P1OCC(CC)C(CCC)O1. The molecule has 2 saturated heterocycles. The molecule has 0 radical (unpaired) electrons. The van der Waals surface area contributed by atoms with Gasteiger partial charge in [0, 0.05) is 29.6 Å². The van der Waals surface area contributed by atoms with Crippen LogP contribution in [0.4, 0.5) is 0 Å². The van der Waals surface area contributed by atoms with Crippen LogP contribution in [0.15, 0.2) is 0 Å². The van der Waals surface area contributed by atoms with Crippen molar-refractivity contribution >= 4 is 8.53 Å². The molecule has 0 aromatic heterocycles. The Bertz CT molecular complexity index is 414. The van der Waals surface area contributed by atoms with Gasteiger partial charge in [-0.1, -0.05) is 33.6 Å². The molecule has 3 unspecified atom stereocenters. The van der Waals surface area contributed by atoms with E-state index in [2.05, 4.69) is 58.5 Å². The van der Waals surface area contributed by atoms with Gasteiger partial charge in [0.15, 0.2) is 0 Å². The molecular formula is C21H43N2O2P. The molecule has 4 nitrogen and oxygen atoms in total. The highest BCUT2D eigenvalue weighted by Gasteiger charge is 2.44. The van der Waals surface area contributed by atoms with E-state index in [9.17, 15) is 0 Å². The highest BCUT2D eigenvalue weighted by Crippen LogP contribution is 2.53. The van der Waals surface area contributed by atoms with Crippen molar-refractivity contribution in [3.63, 3.8) is 0 Å². The Hall–Kier alpha value is 0.270. The van der Waals surface area contributed by atoms with E-state index in [1.165, 1.54) is 19.3 Å². The zero-order chi connectivity index (χ0) is 19.4. The van der Waals surface area contributed by atoms with Crippen LogP contribution in [0.5, 0.6) is 0 Å². The summed E-state index contributed by atoms with van der Waals surface area (Å²) in [6, 6.07) is 0.527. The predicted octanol–water partition coefficient (Wildman–Crippen LogP) is 5.87. The summed E-state index contributed by atoms with van der Waals surface area (Å²) in [6.45, 7) is 18.1. The molecular weight excluding hydrogens is 343 g/mol. The summed E-state index contributed by atoms with van der Waals surface area (Å²) in [6.07, 6.45) is 8.60. The summed E-state index contributed by atoms with van der Waals surface area (Å²) in [4.78, 5) is 0. The monoisotopic (exact) mass is 386 g/mol. The predicted molar refractivity (Wildman–Crippen MR) is 112 cm³/mol. The van der Waals surface area contributed by atoms with Crippen molar-refractivity contribution in [2.75, 3.05) is 13.2 Å². The van der Waals surface area contributed by atoms with Crippen LogP contribution in [0.1, 0.15) is 93.4 Å². The van der Waals surface area contributed by atoms with E-state index in [0.717, 1.165) is 38.8 Å². The summed E-state index contributed by atoms with van der Waals surface area (Å²) in [5.74, 6) is 0.558. The lowest BCUT2D eigenvalue weighted by molar-refractivity contribution is 0.00996. The van der Waals surface area contributed by atoms with Crippen molar-refractivity contribution in [3.8, 4) is 0 Å². The molecule has 154 valence electrons. The largest absolute Gasteiger partial charge is 0.322 e. The lowest BCUT2D eigenvalue weighted by Crippen LogP contribution is -2.61. The molecule has 0 saturated carbocycles. The van der Waals surface area contributed by atoms with E-state index in [-0.39, 0.29) is 11.1 Å². The summed E-state index contributed by atoms with van der Waals surface area (Å²) >= 11 is 0. The van der Waals surface area contributed by atoms with E-state index in [0.29, 0.717) is 18.1 Å². The van der Waals surface area contributed by atoms with Crippen LogP contribution >= 0.6 is 8.53 Å². The highest BCUT2D eigenvalue weighted by molar-refractivity contribution is 7.44. The van der Waals surface area contributed by atoms with Gasteiger partial charge in [0.2, 0.25) is 0 Å². The molecule has 2 aliphatic heterocycles. The minimum atomic E-state index is -0.930. The Kier molecular flexibility index (Phi) is 8.37. The number of rotatable bonds is 8. The van der Waals surface area contributed by atoms with Gasteiger partial charge in [0.1, 0.15) is 0 Å². The average molecular weight is 387 g/mol. The summed E-state index contributed by atoms with van der Waals surface area (Å²) in [7, 11) is -0.930. The Morgan fingerprint density at radius 1 is 1.04 bits per heavy atom. The fraction of sp³-hybridized carbons (Fsp3) is 1.00. The number of unbranched alkanes of at least 4 members (excludes halogenated alkanes) is 1. The van der Waals surface area contributed by atoms with Gasteiger partial charge in [-0.25, -0.2) is 4.67 Å². The van der Waals surface area contributed by atoms with Crippen molar-refractivity contribution in [1.29, 1.82) is 0 Å². The quantitative estimate of drug-likeness (QED) is 0.529. The maximum Gasteiger partial charge on any atom is 0.259 e. The van der Waals surface area contributed by atoms with Gasteiger partial charge in [-0.05, 0) is 59.8 Å². The third-order valence-corrected chi connectivity index (χ3v) is 7.56. The molecule has 1 N–H and O–H groups in total. The standard InChI is InChI=1S/C21H43N2O2P/c1-8-11-13-23(18-14-20(4,5)22-21(6,7)15-18)26-24-16-17(10-3)19(25-26)12-9-2/h17-19,22H,8-16H2,1-7H3. The fourth-order valence-electron chi connectivity index (χ4n) is 4.78. The van der Waals surface area contributed by atoms with Crippen LogP contribution < -0.4 is 5.32 Å². The number of hydrogen-bond donors (Lipinski definition) is 1. The first-order chi connectivity index (χ1) is 12.2. The molecule has 0 bridgehead atoms. The maximum absolute atomic E-state index is 6.63. The normalized spacial score (nSPS) is 32.1. The number of piperidine rings is 1. The van der Waals surface area contributed by atoms with Crippen molar-refractivity contribution in [2.24, 2.45) is 5.92 Å². The first kappa shape index (κ1) is 22.6. The van der Waals surface area contributed by atoms with E-state index in [1.807, 2.05) is 0 Å². The molecule has 0 amide bonds. The van der Waals surface area contributed by atoms with Crippen LogP contribution in [0.25, 0.3) is 0 Å². The Morgan fingerprint density at radius 3 is 2.23 bits per heavy atom. The van der Waals surface area contributed by atoms with E-state index < -0.39 is 8.53 Å². The van der Waals surface area contributed by atoms with E-state index in [4.69, 9.17) is 9.05 Å². The second-order valence-corrected chi connectivity index (χ2v) is 11.1. The summed E-state index contributed by atoms with van der Waals surface area (Å²) < 4.78 is 15.6. The molecule has 0 aliphatic carbocycles. The van der Waals surface area contributed by atoms with Crippen molar-refractivity contribution < 1.29 is 9.05 Å². The lowest BCUT2D eigenvalue weighted by Gasteiger charge is -2.51. The van der Waals surface area contributed by atoms with Gasteiger partial charge in [-0.15, -0.1) is 0 Å². The third-order valence-electron chi connectivity index (χ3n) is 5.79. The lowest BCUT2D eigenvalue weighted by atomic mass is 9.79. The molecule has 2 heterocycles. The minimum Gasteiger partial charge on any atom is -0.322 e. The van der Waals surface area contributed by atoms with Gasteiger partial charge >= 0.3 is 0 Å². The van der Waals surface area contributed by atoms with Gasteiger partial charge in [-0.2, -0.15) is 0 Å². The van der Waals surface area contributed by atoms with Crippen molar-refractivity contribution in [1.82, 2.24) is 9.99 Å². The molecule has 2 aliphatic rings. The highest BCUT2D eigenvalue weighted by atomic mass is 31.2. The third kappa shape index (κ3) is 6.14. The van der Waals surface area contributed by atoms with Gasteiger partial charge in [-0.3, -0.25) is 0 Å².